The van der Waals surface area contributed by atoms with Crippen molar-refractivity contribution < 1.29 is 0 Å². The molecule has 0 aromatic rings. The summed E-state index contributed by atoms with van der Waals surface area (Å²) in [5.74, 6) is 5.04. The lowest BCUT2D eigenvalue weighted by atomic mass is 9.70. The average Bonchev–Trinajstić information content (AvgIpc) is 2.68. The fourth-order valence-corrected chi connectivity index (χ4v) is 7.57. The van der Waals surface area contributed by atoms with Gasteiger partial charge in [-0.15, -0.1) is 23.5 Å². The van der Waals surface area contributed by atoms with Crippen LogP contribution < -0.4 is 0 Å². The Morgan fingerprint density at radius 1 is 0.857 bits per heavy atom. The molecule has 0 bridgehead atoms. The lowest BCUT2D eigenvalue weighted by Gasteiger charge is -2.47. The van der Waals surface area contributed by atoms with Crippen molar-refractivity contribution in [2.45, 2.75) is 49.0 Å². The second-order valence-electron chi connectivity index (χ2n) is 5.05. The molecule has 0 N–H and O–H groups in total. The van der Waals surface area contributed by atoms with Gasteiger partial charge in [-0.1, -0.05) is 32.1 Å². The lowest BCUT2D eigenvalue weighted by Crippen LogP contribution is -2.40. The van der Waals surface area contributed by atoms with Gasteiger partial charge in [-0.2, -0.15) is 0 Å². The lowest BCUT2D eigenvalue weighted by molar-refractivity contribution is 0.166. The average molecular weight is 228 g/mol. The largest absolute Gasteiger partial charge is 0.143 e. The van der Waals surface area contributed by atoms with Crippen molar-refractivity contribution >= 4 is 23.5 Å². The molecular formula is C12H20S2. The molecule has 1 saturated heterocycles. The van der Waals surface area contributed by atoms with Crippen molar-refractivity contribution in [2.75, 3.05) is 11.5 Å². The van der Waals surface area contributed by atoms with E-state index in [1.807, 2.05) is 0 Å². The number of hydrogen-bond acceptors (Lipinski definition) is 2. The van der Waals surface area contributed by atoms with E-state index in [0.717, 1.165) is 11.8 Å². The van der Waals surface area contributed by atoms with Crippen LogP contribution in [0.4, 0.5) is 0 Å². The van der Waals surface area contributed by atoms with Gasteiger partial charge in [0, 0.05) is 11.5 Å². The molecule has 0 unspecified atom stereocenters. The quantitative estimate of drug-likeness (QED) is 0.611. The molecule has 2 heteroatoms. The number of rotatable bonds is 0. The van der Waals surface area contributed by atoms with E-state index in [4.69, 9.17) is 0 Å². The predicted octanol–water partition coefficient (Wildman–Crippen LogP) is 4.15. The first-order valence-corrected chi connectivity index (χ1v) is 8.16. The van der Waals surface area contributed by atoms with Crippen LogP contribution in [0.25, 0.3) is 0 Å². The Kier molecular flexibility index (Phi) is 2.78. The zero-order valence-corrected chi connectivity index (χ0v) is 10.5. The van der Waals surface area contributed by atoms with Crippen LogP contribution >= 0.6 is 23.5 Å². The van der Waals surface area contributed by atoms with Gasteiger partial charge in [0.15, 0.2) is 0 Å². The van der Waals surface area contributed by atoms with Crippen LogP contribution in [0.5, 0.6) is 0 Å². The first kappa shape index (κ1) is 9.89. The Hall–Kier alpha value is 0.700. The van der Waals surface area contributed by atoms with E-state index in [0.29, 0.717) is 4.08 Å². The van der Waals surface area contributed by atoms with Gasteiger partial charge in [0.25, 0.3) is 0 Å². The summed E-state index contributed by atoms with van der Waals surface area (Å²) in [6.07, 6.45) is 10.7. The molecule has 1 spiro atoms. The molecular weight excluding hydrogens is 208 g/mol. The third kappa shape index (κ3) is 1.53. The molecule has 3 rings (SSSR count). The Bertz CT molecular complexity index is 206. The van der Waals surface area contributed by atoms with Crippen LogP contribution in [0.2, 0.25) is 0 Å². The highest BCUT2D eigenvalue weighted by atomic mass is 32.2. The van der Waals surface area contributed by atoms with Crippen molar-refractivity contribution in [2.24, 2.45) is 11.8 Å². The second kappa shape index (κ2) is 3.93. The van der Waals surface area contributed by atoms with Gasteiger partial charge in [0.1, 0.15) is 0 Å². The Morgan fingerprint density at radius 3 is 2.43 bits per heavy atom. The molecule has 0 aromatic heterocycles. The van der Waals surface area contributed by atoms with Gasteiger partial charge in [-0.3, -0.25) is 0 Å². The Labute approximate surface area is 96.0 Å². The maximum absolute atomic E-state index is 2.31. The summed E-state index contributed by atoms with van der Waals surface area (Å²) in [4.78, 5) is 0. The number of fused-ring (bicyclic) bond motifs is 2. The number of thioether (sulfide) groups is 2. The third-order valence-corrected chi connectivity index (χ3v) is 8.12. The third-order valence-electron chi connectivity index (χ3n) is 4.35. The zero-order valence-electron chi connectivity index (χ0n) is 8.84. The summed E-state index contributed by atoms with van der Waals surface area (Å²) in [6, 6.07) is 0. The maximum atomic E-state index is 2.31. The molecule has 2 saturated carbocycles. The maximum Gasteiger partial charge on any atom is 0.0642 e. The summed E-state index contributed by atoms with van der Waals surface area (Å²) >= 11 is 4.63. The number of hydrogen-bond donors (Lipinski definition) is 0. The van der Waals surface area contributed by atoms with Gasteiger partial charge < -0.3 is 0 Å². The van der Waals surface area contributed by atoms with E-state index < -0.39 is 0 Å². The summed E-state index contributed by atoms with van der Waals surface area (Å²) in [7, 11) is 0. The normalized spacial score (nSPS) is 41.1. The molecule has 1 aliphatic heterocycles. The van der Waals surface area contributed by atoms with Crippen LogP contribution in [0.1, 0.15) is 44.9 Å². The molecule has 2 aliphatic carbocycles. The van der Waals surface area contributed by atoms with Crippen molar-refractivity contribution in [1.82, 2.24) is 0 Å². The van der Waals surface area contributed by atoms with E-state index in [2.05, 4.69) is 23.5 Å². The predicted molar refractivity (Wildman–Crippen MR) is 66.9 cm³/mol. The van der Waals surface area contributed by atoms with Crippen LogP contribution in [-0.4, -0.2) is 15.6 Å². The molecule has 0 radical (unpaired) electrons. The Balaban J connectivity index is 1.82. The molecule has 80 valence electrons. The highest BCUT2D eigenvalue weighted by Crippen LogP contribution is 2.60. The van der Waals surface area contributed by atoms with E-state index in [1.165, 1.54) is 37.2 Å². The molecule has 3 fully saturated rings. The first-order chi connectivity index (χ1) is 6.91. The molecule has 0 aromatic carbocycles. The zero-order chi connectivity index (χ0) is 9.43. The van der Waals surface area contributed by atoms with Crippen molar-refractivity contribution in [3.05, 3.63) is 0 Å². The second-order valence-corrected chi connectivity index (χ2v) is 8.16. The van der Waals surface area contributed by atoms with Crippen LogP contribution in [0, 0.1) is 11.8 Å². The first-order valence-electron chi connectivity index (χ1n) is 6.19. The summed E-state index contributed by atoms with van der Waals surface area (Å²) in [5, 5.41) is 0. The highest BCUT2D eigenvalue weighted by Gasteiger charge is 2.48. The van der Waals surface area contributed by atoms with E-state index in [1.54, 1.807) is 19.3 Å². The molecule has 3 aliphatic rings. The topological polar surface area (TPSA) is 0 Å². The highest BCUT2D eigenvalue weighted by molar-refractivity contribution is 8.21. The SMILES string of the molecule is C1CC[C@H]2[C@H](C1)CCCC21SCCS1. The van der Waals surface area contributed by atoms with Gasteiger partial charge in [-0.25, -0.2) is 0 Å². The fourth-order valence-electron chi connectivity index (χ4n) is 3.76. The summed E-state index contributed by atoms with van der Waals surface area (Å²) in [6.45, 7) is 0. The molecule has 1 heterocycles. The van der Waals surface area contributed by atoms with Crippen LogP contribution in [0.15, 0.2) is 0 Å². The van der Waals surface area contributed by atoms with Crippen molar-refractivity contribution in [3.8, 4) is 0 Å². The minimum Gasteiger partial charge on any atom is -0.143 e. The summed E-state index contributed by atoms with van der Waals surface area (Å²) < 4.78 is 0.698. The molecule has 0 amide bonds. The van der Waals surface area contributed by atoms with Gasteiger partial charge in [-0.05, 0) is 24.7 Å². The minimum absolute atomic E-state index is 0.698. The molecule has 14 heavy (non-hydrogen) atoms. The summed E-state index contributed by atoms with van der Waals surface area (Å²) in [5.41, 5.74) is 0. The monoisotopic (exact) mass is 228 g/mol. The standard InChI is InChI=1S/C12H20S2/c1-2-6-11-10(4-1)5-3-7-12(11)13-8-9-14-12/h10-11H,1-9H2/t10-,11+/m1/s1. The van der Waals surface area contributed by atoms with Gasteiger partial charge in [0.05, 0.1) is 4.08 Å². The van der Waals surface area contributed by atoms with Crippen LogP contribution in [-0.2, 0) is 0 Å². The molecule has 0 nitrogen and oxygen atoms in total. The van der Waals surface area contributed by atoms with Gasteiger partial charge in [0.2, 0.25) is 0 Å². The van der Waals surface area contributed by atoms with Crippen molar-refractivity contribution in [3.63, 3.8) is 0 Å². The van der Waals surface area contributed by atoms with Gasteiger partial charge >= 0.3 is 0 Å². The Morgan fingerprint density at radius 2 is 1.57 bits per heavy atom. The van der Waals surface area contributed by atoms with Crippen LogP contribution in [0.3, 0.4) is 0 Å². The van der Waals surface area contributed by atoms with Crippen molar-refractivity contribution in [1.29, 1.82) is 0 Å². The molecule has 2 atom stereocenters. The minimum atomic E-state index is 0.698. The van der Waals surface area contributed by atoms with E-state index >= 15 is 0 Å². The smallest absolute Gasteiger partial charge is 0.0642 e. The fraction of sp³-hybridized carbons (Fsp3) is 1.00. The van der Waals surface area contributed by atoms with E-state index in [-0.39, 0.29) is 0 Å². The van der Waals surface area contributed by atoms with E-state index in [9.17, 15) is 0 Å².